The van der Waals surface area contributed by atoms with Gasteiger partial charge in [-0.3, -0.25) is 4.99 Å². The summed E-state index contributed by atoms with van der Waals surface area (Å²) < 4.78 is 0. The number of aliphatic imine (C=N–C) groups is 1. The Bertz CT molecular complexity index is 321. The molecule has 2 rings (SSSR count). The van der Waals surface area contributed by atoms with E-state index in [0.29, 0.717) is 0 Å². The fourth-order valence-corrected chi connectivity index (χ4v) is 1.68. The van der Waals surface area contributed by atoms with Gasteiger partial charge in [0.15, 0.2) is 0 Å². The zero-order valence-electron chi connectivity index (χ0n) is 8.25. The highest BCUT2D eigenvalue weighted by Gasteiger charge is 2.14. The van der Waals surface area contributed by atoms with Gasteiger partial charge in [-0.2, -0.15) is 0 Å². The lowest BCUT2D eigenvalue weighted by Gasteiger charge is -2.01. The van der Waals surface area contributed by atoms with Gasteiger partial charge in [0.2, 0.25) is 0 Å². The quantitative estimate of drug-likeness (QED) is 0.619. The number of hydrogen-bond donors (Lipinski definition) is 0. The average molecular weight is 173 g/mol. The van der Waals surface area contributed by atoms with Gasteiger partial charge in [-0.25, -0.2) is 0 Å². The fraction of sp³-hybridized carbons (Fsp3) is 0.417. The van der Waals surface area contributed by atoms with Gasteiger partial charge in [-0.15, -0.1) is 0 Å². The van der Waals surface area contributed by atoms with Gasteiger partial charge in [0.05, 0.1) is 0 Å². The summed E-state index contributed by atoms with van der Waals surface area (Å²) in [5, 5.41) is 0. The predicted octanol–water partition coefficient (Wildman–Crippen LogP) is 2.82. The topological polar surface area (TPSA) is 12.4 Å². The molecule has 1 heteroatoms. The Hall–Kier alpha value is -1.11. The number of rotatable bonds is 1. The molecule has 1 aromatic carbocycles. The Morgan fingerprint density at radius 3 is 2.46 bits per heavy atom. The second-order valence-electron chi connectivity index (χ2n) is 3.96. The van der Waals surface area contributed by atoms with E-state index >= 15 is 0 Å². The molecule has 0 amide bonds. The molecule has 1 heterocycles. The van der Waals surface area contributed by atoms with Crippen LogP contribution in [0.5, 0.6) is 0 Å². The van der Waals surface area contributed by atoms with Gasteiger partial charge in [0, 0.05) is 12.3 Å². The van der Waals surface area contributed by atoms with E-state index in [1.54, 1.807) is 0 Å². The summed E-state index contributed by atoms with van der Waals surface area (Å²) in [6.07, 6.45) is 1.14. The number of benzene rings is 1. The number of nitrogens with zero attached hydrogens (tertiary/aromatic N) is 1. The Balaban J connectivity index is 2.22. The van der Waals surface area contributed by atoms with Gasteiger partial charge in [-0.05, 0) is 24.8 Å². The first-order valence-electron chi connectivity index (χ1n) is 4.86. The van der Waals surface area contributed by atoms with Crippen molar-refractivity contribution in [2.45, 2.75) is 20.3 Å². The first kappa shape index (κ1) is 8.49. The van der Waals surface area contributed by atoms with E-state index in [9.17, 15) is 0 Å². The SMILES string of the molecule is Cc1ccc(C2=NCC(C)C2)cc1. The zero-order valence-corrected chi connectivity index (χ0v) is 8.25. The summed E-state index contributed by atoms with van der Waals surface area (Å²) in [5.74, 6) is 0.733. The largest absolute Gasteiger partial charge is 0.289 e. The molecule has 1 aromatic rings. The van der Waals surface area contributed by atoms with Gasteiger partial charge >= 0.3 is 0 Å². The van der Waals surface area contributed by atoms with E-state index < -0.39 is 0 Å². The normalized spacial score (nSPS) is 21.7. The predicted molar refractivity (Wildman–Crippen MR) is 56.4 cm³/mol. The van der Waals surface area contributed by atoms with E-state index in [1.807, 2.05) is 0 Å². The minimum Gasteiger partial charge on any atom is -0.289 e. The Kier molecular flexibility index (Phi) is 2.17. The lowest BCUT2D eigenvalue weighted by molar-refractivity contribution is 0.664. The molecule has 0 radical (unpaired) electrons. The van der Waals surface area contributed by atoms with E-state index in [2.05, 4.69) is 43.1 Å². The zero-order chi connectivity index (χ0) is 9.26. The monoisotopic (exact) mass is 173 g/mol. The molecule has 0 spiro atoms. The van der Waals surface area contributed by atoms with E-state index in [-0.39, 0.29) is 0 Å². The summed E-state index contributed by atoms with van der Waals surface area (Å²) in [6.45, 7) is 5.37. The van der Waals surface area contributed by atoms with E-state index in [4.69, 9.17) is 0 Å². The van der Waals surface area contributed by atoms with Crippen molar-refractivity contribution < 1.29 is 0 Å². The summed E-state index contributed by atoms with van der Waals surface area (Å²) in [4.78, 5) is 4.53. The van der Waals surface area contributed by atoms with E-state index in [0.717, 1.165) is 18.9 Å². The van der Waals surface area contributed by atoms with E-state index in [1.165, 1.54) is 16.8 Å². The first-order valence-corrected chi connectivity index (χ1v) is 4.86. The first-order chi connectivity index (χ1) is 6.25. The van der Waals surface area contributed by atoms with Crippen LogP contribution in [0.4, 0.5) is 0 Å². The maximum absolute atomic E-state index is 4.53. The minimum absolute atomic E-state index is 0.733. The highest BCUT2D eigenvalue weighted by atomic mass is 14.8. The maximum Gasteiger partial charge on any atom is 0.0424 e. The van der Waals surface area contributed by atoms with Crippen LogP contribution < -0.4 is 0 Å². The maximum atomic E-state index is 4.53. The van der Waals surface area contributed by atoms with Gasteiger partial charge < -0.3 is 0 Å². The molecule has 1 aliphatic rings. The Morgan fingerprint density at radius 1 is 1.23 bits per heavy atom. The molecule has 68 valence electrons. The molecule has 0 saturated carbocycles. The van der Waals surface area contributed by atoms with Crippen LogP contribution in [0.2, 0.25) is 0 Å². The van der Waals surface area contributed by atoms with Crippen LogP contribution in [0.15, 0.2) is 29.3 Å². The molecule has 1 atom stereocenters. The van der Waals surface area contributed by atoms with Crippen molar-refractivity contribution in [3.05, 3.63) is 35.4 Å². The minimum atomic E-state index is 0.733. The van der Waals surface area contributed by atoms with Crippen LogP contribution in [-0.4, -0.2) is 12.3 Å². The van der Waals surface area contributed by atoms with Crippen molar-refractivity contribution in [1.82, 2.24) is 0 Å². The third kappa shape index (κ3) is 1.80. The third-order valence-electron chi connectivity index (χ3n) is 2.52. The van der Waals surface area contributed by atoms with Crippen molar-refractivity contribution in [3.8, 4) is 0 Å². The molecule has 1 nitrogen and oxygen atoms in total. The molecule has 0 N–H and O–H groups in total. The summed E-state index contributed by atoms with van der Waals surface area (Å²) >= 11 is 0. The summed E-state index contributed by atoms with van der Waals surface area (Å²) in [5.41, 5.74) is 3.90. The number of hydrogen-bond acceptors (Lipinski definition) is 1. The van der Waals surface area contributed by atoms with Gasteiger partial charge in [0.25, 0.3) is 0 Å². The third-order valence-corrected chi connectivity index (χ3v) is 2.52. The van der Waals surface area contributed by atoms with Crippen molar-refractivity contribution >= 4 is 5.71 Å². The molecule has 0 fully saturated rings. The van der Waals surface area contributed by atoms with Gasteiger partial charge in [0.1, 0.15) is 0 Å². The van der Waals surface area contributed by atoms with Crippen LogP contribution in [0.1, 0.15) is 24.5 Å². The van der Waals surface area contributed by atoms with Crippen LogP contribution in [0, 0.1) is 12.8 Å². The molecular weight excluding hydrogens is 158 g/mol. The lowest BCUT2D eigenvalue weighted by Crippen LogP contribution is -1.99. The summed E-state index contributed by atoms with van der Waals surface area (Å²) in [6, 6.07) is 8.65. The summed E-state index contributed by atoms with van der Waals surface area (Å²) in [7, 11) is 0. The molecule has 1 unspecified atom stereocenters. The standard InChI is InChI=1S/C12H15N/c1-9-3-5-11(6-4-9)12-7-10(2)8-13-12/h3-6,10H,7-8H2,1-2H3. The van der Waals surface area contributed by atoms with Crippen LogP contribution in [-0.2, 0) is 0 Å². The molecule has 1 aliphatic heterocycles. The highest BCUT2D eigenvalue weighted by molar-refractivity contribution is 6.01. The molecular formula is C12H15N. The highest BCUT2D eigenvalue weighted by Crippen LogP contribution is 2.18. The van der Waals surface area contributed by atoms with Crippen molar-refractivity contribution in [3.63, 3.8) is 0 Å². The fourth-order valence-electron chi connectivity index (χ4n) is 1.68. The molecule has 0 aromatic heterocycles. The second-order valence-corrected chi connectivity index (χ2v) is 3.96. The molecule has 0 aliphatic carbocycles. The molecule has 0 saturated heterocycles. The Morgan fingerprint density at radius 2 is 1.92 bits per heavy atom. The van der Waals surface area contributed by atoms with Gasteiger partial charge in [-0.1, -0.05) is 36.8 Å². The Labute approximate surface area is 79.5 Å². The average Bonchev–Trinajstić information content (AvgIpc) is 2.53. The van der Waals surface area contributed by atoms with Crippen LogP contribution in [0.3, 0.4) is 0 Å². The molecule has 0 bridgehead atoms. The lowest BCUT2D eigenvalue weighted by atomic mass is 10.0. The molecule has 13 heavy (non-hydrogen) atoms. The van der Waals surface area contributed by atoms with Crippen molar-refractivity contribution in [2.75, 3.05) is 6.54 Å². The smallest absolute Gasteiger partial charge is 0.0424 e. The number of aryl methyl sites for hydroxylation is 1. The van der Waals surface area contributed by atoms with Crippen molar-refractivity contribution in [2.24, 2.45) is 10.9 Å². The van der Waals surface area contributed by atoms with Crippen LogP contribution >= 0.6 is 0 Å². The second kappa shape index (κ2) is 3.33. The van der Waals surface area contributed by atoms with Crippen molar-refractivity contribution in [1.29, 1.82) is 0 Å². The van der Waals surface area contributed by atoms with Crippen LogP contribution in [0.25, 0.3) is 0 Å².